The lowest BCUT2D eigenvalue weighted by atomic mass is 10.1. The van der Waals surface area contributed by atoms with Crippen molar-refractivity contribution >= 4 is 22.9 Å². The molecule has 0 bridgehead atoms. The standard InChI is InChI=1S/C10H8ClNOS/c11-8-3-1-7(2-4-8)9(13)10-12-5-6-14-10/h1-6,9,13H. The Morgan fingerprint density at radius 3 is 2.57 bits per heavy atom. The fourth-order valence-electron chi connectivity index (χ4n) is 1.16. The lowest BCUT2D eigenvalue weighted by Crippen LogP contribution is -1.97. The van der Waals surface area contributed by atoms with Gasteiger partial charge in [-0.1, -0.05) is 23.7 Å². The molecule has 0 spiro atoms. The van der Waals surface area contributed by atoms with Gasteiger partial charge in [0, 0.05) is 16.6 Å². The molecule has 0 aliphatic heterocycles. The minimum atomic E-state index is -0.646. The molecule has 0 aliphatic carbocycles. The minimum absolute atomic E-state index is 0.646. The van der Waals surface area contributed by atoms with Crippen LogP contribution in [0.3, 0.4) is 0 Å². The van der Waals surface area contributed by atoms with Crippen LogP contribution in [0.25, 0.3) is 0 Å². The van der Waals surface area contributed by atoms with Gasteiger partial charge in [0.05, 0.1) is 0 Å². The number of hydrogen-bond acceptors (Lipinski definition) is 3. The Bertz CT molecular complexity index is 399. The second-order valence-corrected chi connectivity index (χ2v) is 4.19. The van der Waals surface area contributed by atoms with E-state index in [1.807, 2.05) is 5.38 Å². The number of hydrogen-bond donors (Lipinski definition) is 1. The van der Waals surface area contributed by atoms with E-state index in [9.17, 15) is 5.11 Å². The number of benzene rings is 1. The SMILES string of the molecule is OC(c1ccc(Cl)cc1)c1nccs1. The molecule has 1 heterocycles. The molecule has 1 aromatic carbocycles. The third-order valence-corrected chi connectivity index (χ3v) is 2.95. The van der Waals surface area contributed by atoms with Gasteiger partial charge in [0.15, 0.2) is 0 Å². The normalized spacial score (nSPS) is 12.7. The van der Waals surface area contributed by atoms with Crippen LogP contribution in [0.2, 0.25) is 5.02 Å². The van der Waals surface area contributed by atoms with Crippen molar-refractivity contribution in [1.82, 2.24) is 4.98 Å². The summed E-state index contributed by atoms with van der Waals surface area (Å²) in [5.41, 5.74) is 0.810. The van der Waals surface area contributed by atoms with Crippen LogP contribution >= 0.6 is 22.9 Å². The molecular formula is C10H8ClNOS. The van der Waals surface area contributed by atoms with Crippen molar-refractivity contribution in [3.63, 3.8) is 0 Å². The molecule has 72 valence electrons. The second-order valence-electron chi connectivity index (χ2n) is 2.82. The van der Waals surface area contributed by atoms with Crippen LogP contribution < -0.4 is 0 Å². The predicted molar refractivity (Wildman–Crippen MR) is 57.6 cm³/mol. The highest BCUT2D eigenvalue weighted by Crippen LogP contribution is 2.24. The zero-order valence-corrected chi connectivity index (χ0v) is 8.79. The van der Waals surface area contributed by atoms with Crippen LogP contribution in [-0.4, -0.2) is 10.1 Å². The number of halogens is 1. The van der Waals surface area contributed by atoms with Crippen LogP contribution in [0, 0.1) is 0 Å². The number of aliphatic hydroxyl groups excluding tert-OH is 1. The van der Waals surface area contributed by atoms with Gasteiger partial charge in [-0.2, -0.15) is 0 Å². The van der Waals surface area contributed by atoms with Gasteiger partial charge in [-0.15, -0.1) is 11.3 Å². The molecule has 0 saturated carbocycles. The summed E-state index contributed by atoms with van der Waals surface area (Å²) >= 11 is 7.18. The summed E-state index contributed by atoms with van der Waals surface area (Å²) in [4.78, 5) is 4.05. The Morgan fingerprint density at radius 1 is 1.29 bits per heavy atom. The van der Waals surface area contributed by atoms with Gasteiger partial charge in [0.2, 0.25) is 0 Å². The zero-order chi connectivity index (χ0) is 9.97. The van der Waals surface area contributed by atoms with Crippen molar-refractivity contribution in [2.24, 2.45) is 0 Å². The molecule has 0 radical (unpaired) electrons. The molecule has 0 aliphatic rings. The number of aromatic nitrogens is 1. The van der Waals surface area contributed by atoms with Gasteiger partial charge in [0.1, 0.15) is 11.1 Å². The smallest absolute Gasteiger partial charge is 0.131 e. The summed E-state index contributed by atoms with van der Waals surface area (Å²) in [7, 11) is 0. The highest BCUT2D eigenvalue weighted by atomic mass is 35.5. The predicted octanol–water partition coefficient (Wildman–Crippen LogP) is 2.88. The van der Waals surface area contributed by atoms with E-state index in [2.05, 4.69) is 4.98 Å². The quantitative estimate of drug-likeness (QED) is 0.853. The monoisotopic (exact) mass is 225 g/mol. The van der Waals surface area contributed by atoms with Gasteiger partial charge in [-0.05, 0) is 17.7 Å². The average Bonchev–Trinajstić information content (AvgIpc) is 2.71. The Kier molecular flexibility index (Phi) is 2.82. The van der Waals surface area contributed by atoms with E-state index in [4.69, 9.17) is 11.6 Å². The summed E-state index contributed by atoms with van der Waals surface area (Å²) in [6, 6.07) is 7.12. The molecule has 2 nitrogen and oxygen atoms in total. The maximum Gasteiger partial charge on any atom is 0.131 e. The molecule has 14 heavy (non-hydrogen) atoms. The molecule has 1 atom stereocenters. The third-order valence-electron chi connectivity index (χ3n) is 1.87. The average molecular weight is 226 g/mol. The molecule has 2 aromatic rings. The van der Waals surface area contributed by atoms with Gasteiger partial charge < -0.3 is 5.11 Å². The Morgan fingerprint density at radius 2 is 2.00 bits per heavy atom. The molecule has 2 rings (SSSR count). The van der Waals surface area contributed by atoms with E-state index in [1.54, 1.807) is 30.5 Å². The van der Waals surface area contributed by atoms with Gasteiger partial charge in [-0.3, -0.25) is 0 Å². The first-order valence-electron chi connectivity index (χ1n) is 4.10. The summed E-state index contributed by atoms with van der Waals surface area (Å²) in [5.74, 6) is 0. The summed E-state index contributed by atoms with van der Waals surface area (Å²) in [5, 5.41) is 13.1. The summed E-state index contributed by atoms with van der Waals surface area (Å²) < 4.78 is 0. The molecule has 0 saturated heterocycles. The number of thiazole rings is 1. The van der Waals surface area contributed by atoms with Crippen LogP contribution in [0.4, 0.5) is 0 Å². The molecule has 0 fully saturated rings. The maximum atomic E-state index is 9.88. The molecule has 1 aromatic heterocycles. The highest BCUT2D eigenvalue weighted by molar-refractivity contribution is 7.09. The van der Waals surface area contributed by atoms with Gasteiger partial charge >= 0.3 is 0 Å². The fourth-order valence-corrected chi connectivity index (χ4v) is 1.93. The summed E-state index contributed by atoms with van der Waals surface area (Å²) in [6.45, 7) is 0. The molecule has 0 amide bonds. The first kappa shape index (κ1) is 9.65. The lowest BCUT2D eigenvalue weighted by Gasteiger charge is -2.07. The van der Waals surface area contributed by atoms with Crippen molar-refractivity contribution in [3.8, 4) is 0 Å². The van der Waals surface area contributed by atoms with Crippen LogP contribution in [0.5, 0.6) is 0 Å². The maximum absolute atomic E-state index is 9.88. The van der Waals surface area contributed by atoms with Gasteiger partial charge in [-0.25, -0.2) is 4.98 Å². The molecule has 1 N–H and O–H groups in total. The van der Waals surface area contributed by atoms with E-state index in [0.717, 1.165) is 5.56 Å². The number of nitrogens with zero attached hydrogens (tertiary/aromatic N) is 1. The second kappa shape index (κ2) is 4.09. The van der Waals surface area contributed by atoms with Crippen LogP contribution in [0.1, 0.15) is 16.7 Å². The minimum Gasteiger partial charge on any atom is -0.381 e. The van der Waals surface area contributed by atoms with Crippen molar-refractivity contribution < 1.29 is 5.11 Å². The van der Waals surface area contributed by atoms with E-state index >= 15 is 0 Å². The number of rotatable bonds is 2. The van der Waals surface area contributed by atoms with Crippen molar-refractivity contribution in [1.29, 1.82) is 0 Å². The Labute approximate surface area is 90.8 Å². The fraction of sp³-hybridized carbons (Fsp3) is 0.100. The van der Waals surface area contributed by atoms with E-state index in [0.29, 0.717) is 10.0 Å². The first-order chi connectivity index (χ1) is 6.77. The molecule has 4 heteroatoms. The number of aliphatic hydroxyl groups is 1. The van der Waals surface area contributed by atoms with Crippen molar-refractivity contribution in [2.45, 2.75) is 6.10 Å². The zero-order valence-electron chi connectivity index (χ0n) is 7.22. The van der Waals surface area contributed by atoms with Crippen molar-refractivity contribution in [3.05, 3.63) is 51.4 Å². The largest absolute Gasteiger partial charge is 0.381 e. The summed E-state index contributed by atoms with van der Waals surface area (Å²) in [6.07, 6.45) is 1.03. The molecule has 1 unspecified atom stereocenters. The lowest BCUT2D eigenvalue weighted by molar-refractivity contribution is 0.220. The van der Waals surface area contributed by atoms with Gasteiger partial charge in [0.25, 0.3) is 0 Å². The van der Waals surface area contributed by atoms with Crippen LogP contribution in [0.15, 0.2) is 35.8 Å². The Balaban J connectivity index is 2.28. The Hall–Kier alpha value is -0.900. The topological polar surface area (TPSA) is 33.1 Å². The highest BCUT2D eigenvalue weighted by Gasteiger charge is 2.11. The van der Waals surface area contributed by atoms with Crippen molar-refractivity contribution in [2.75, 3.05) is 0 Å². The van der Waals surface area contributed by atoms with E-state index in [1.165, 1.54) is 11.3 Å². The van der Waals surface area contributed by atoms with E-state index in [-0.39, 0.29) is 0 Å². The third kappa shape index (κ3) is 1.95. The van der Waals surface area contributed by atoms with E-state index < -0.39 is 6.10 Å². The molecular weight excluding hydrogens is 218 g/mol. The first-order valence-corrected chi connectivity index (χ1v) is 5.36. The van der Waals surface area contributed by atoms with Crippen LogP contribution in [-0.2, 0) is 0 Å².